The Hall–Kier alpha value is -3.84. The smallest absolute Gasteiger partial charge is 0.411 e. The molecule has 1 atom stereocenters. The van der Waals surface area contributed by atoms with Crippen molar-refractivity contribution in [2.75, 3.05) is 0 Å². The summed E-state index contributed by atoms with van der Waals surface area (Å²) in [4.78, 5) is 22.7. The Morgan fingerprint density at radius 2 is 1.97 bits per heavy atom. The number of fused-ring (bicyclic) bond motifs is 1. The summed E-state index contributed by atoms with van der Waals surface area (Å²) in [5, 5.41) is 16.4. The highest BCUT2D eigenvalue weighted by Crippen LogP contribution is 2.34. The second-order valence-corrected chi connectivity index (χ2v) is 8.83. The Bertz CT molecular complexity index is 1380. The summed E-state index contributed by atoms with van der Waals surface area (Å²) in [7, 11) is 0. The first kappa shape index (κ1) is 24.3. The Balaban J connectivity index is 1.57. The molecule has 3 aromatic carbocycles. The Labute approximate surface area is 207 Å². The van der Waals surface area contributed by atoms with Crippen molar-refractivity contribution >= 4 is 34.6 Å². The molecule has 4 rings (SSSR count). The van der Waals surface area contributed by atoms with E-state index in [1.54, 1.807) is 13.0 Å². The minimum atomic E-state index is -1.35. The molecule has 8 heteroatoms. The molecule has 1 heterocycles. The van der Waals surface area contributed by atoms with Crippen LogP contribution in [0.4, 0.5) is 4.79 Å². The first-order valence-electron chi connectivity index (χ1n) is 11.3. The summed E-state index contributed by atoms with van der Waals surface area (Å²) >= 11 is 6.06. The van der Waals surface area contributed by atoms with Crippen LogP contribution in [0.1, 0.15) is 31.4 Å². The van der Waals surface area contributed by atoms with Crippen molar-refractivity contribution in [3.63, 3.8) is 0 Å². The van der Waals surface area contributed by atoms with E-state index in [1.165, 1.54) is 0 Å². The fraction of sp³-hybridized carbons (Fsp3) is 0.222. The average Bonchev–Trinajstić information content (AvgIpc) is 3.23. The molecule has 180 valence electrons. The highest BCUT2D eigenvalue weighted by Gasteiger charge is 2.17. The fourth-order valence-electron chi connectivity index (χ4n) is 3.95. The standard InChI is InChI=1S/C27H25ClN2O5/c1-3-5-18-14-19(25-22-10-9-20(28)15-24(22)35-30-25)8-11-23(18)34-21-7-4-6-17(13-21)12-16(2)26(31)29-27(32)33/h4,6-11,13-16H,3,5,12H2,1-2H3,(H,29,31)(H,32,33). The highest BCUT2D eigenvalue weighted by atomic mass is 35.5. The normalized spacial score (nSPS) is 11.9. The maximum atomic E-state index is 11.9. The molecule has 0 saturated heterocycles. The van der Waals surface area contributed by atoms with E-state index in [0.29, 0.717) is 22.8 Å². The topological polar surface area (TPSA) is 102 Å². The van der Waals surface area contributed by atoms with Crippen LogP contribution in [-0.2, 0) is 17.6 Å². The van der Waals surface area contributed by atoms with Gasteiger partial charge in [-0.2, -0.15) is 0 Å². The summed E-state index contributed by atoms with van der Waals surface area (Å²) in [6.45, 7) is 3.79. The zero-order valence-electron chi connectivity index (χ0n) is 19.4. The summed E-state index contributed by atoms with van der Waals surface area (Å²) in [6, 6.07) is 18.8. The van der Waals surface area contributed by atoms with Crippen LogP contribution in [-0.4, -0.2) is 22.3 Å². The number of halogens is 1. The molecule has 0 saturated carbocycles. The van der Waals surface area contributed by atoms with Gasteiger partial charge in [0.15, 0.2) is 5.58 Å². The van der Waals surface area contributed by atoms with E-state index in [2.05, 4.69) is 18.1 Å². The first-order valence-corrected chi connectivity index (χ1v) is 11.7. The number of aryl methyl sites for hydroxylation is 1. The number of imide groups is 1. The number of hydrogen-bond donors (Lipinski definition) is 2. The van der Waals surface area contributed by atoms with Gasteiger partial charge in [0.25, 0.3) is 0 Å². The van der Waals surface area contributed by atoms with E-state index in [9.17, 15) is 9.59 Å². The number of nitrogens with zero attached hydrogens (tertiary/aromatic N) is 1. The Morgan fingerprint density at radius 1 is 1.14 bits per heavy atom. The number of carbonyl (C=O) groups excluding carboxylic acids is 1. The Morgan fingerprint density at radius 3 is 2.74 bits per heavy atom. The van der Waals surface area contributed by atoms with Gasteiger partial charge in [-0.15, -0.1) is 0 Å². The van der Waals surface area contributed by atoms with Gasteiger partial charge in [0.05, 0.1) is 0 Å². The minimum absolute atomic E-state index is 0.389. The lowest BCUT2D eigenvalue weighted by atomic mass is 10.00. The third-order valence-electron chi connectivity index (χ3n) is 5.63. The first-order chi connectivity index (χ1) is 16.8. The van der Waals surface area contributed by atoms with E-state index < -0.39 is 17.9 Å². The van der Waals surface area contributed by atoms with Gasteiger partial charge < -0.3 is 14.4 Å². The van der Waals surface area contributed by atoms with E-state index >= 15 is 0 Å². The molecule has 0 radical (unpaired) electrons. The lowest BCUT2D eigenvalue weighted by Crippen LogP contribution is -2.34. The predicted octanol–water partition coefficient (Wildman–Crippen LogP) is 6.87. The van der Waals surface area contributed by atoms with Crippen molar-refractivity contribution in [2.24, 2.45) is 5.92 Å². The molecule has 2 amide bonds. The number of aromatic nitrogens is 1. The van der Waals surface area contributed by atoms with E-state index in [0.717, 1.165) is 46.4 Å². The molecular formula is C27H25ClN2O5. The molecule has 35 heavy (non-hydrogen) atoms. The number of amides is 2. The van der Waals surface area contributed by atoms with E-state index in [4.69, 9.17) is 26.0 Å². The molecule has 4 aromatic rings. The van der Waals surface area contributed by atoms with Crippen molar-refractivity contribution in [2.45, 2.75) is 33.1 Å². The number of ether oxygens (including phenoxy) is 1. The number of hydrogen-bond acceptors (Lipinski definition) is 5. The minimum Gasteiger partial charge on any atom is -0.465 e. The van der Waals surface area contributed by atoms with Crippen LogP contribution in [0.2, 0.25) is 5.02 Å². The second-order valence-electron chi connectivity index (χ2n) is 8.39. The van der Waals surface area contributed by atoms with Crippen LogP contribution < -0.4 is 10.1 Å². The maximum Gasteiger partial charge on any atom is 0.411 e. The van der Waals surface area contributed by atoms with Gasteiger partial charge in [0.1, 0.15) is 17.2 Å². The molecule has 0 spiro atoms. The highest BCUT2D eigenvalue weighted by molar-refractivity contribution is 6.31. The lowest BCUT2D eigenvalue weighted by Gasteiger charge is -2.14. The van der Waals surface area contributed by atoms with E-state index in [-0.39, 0.29) is 0 Å². The molecule has 0 fully saturated rings. The van der Waals surface area contributed by atoms with Crippen LogP contribution in [0.25, 0.3) is 22.2 Å². The average molecular weight is 493 g/mol. The van der Waals surface area contributed by atoms with Crippen LogP contribution in [0.15, 0.2) is 65.2 Å². The van der Waals surface area contributed by atoms with Crippen molar-refractivity contribution in [1.29, 1.82) is 0 Å². The summed E-state index contributed by atoms with van der Waals surface area (Å²) in [5.41, 5.74) is 4.21. The summed E-state index contributed by atoms with van der Waals surface area (Å²) < 4.78 is 11.7. The fourth-order valence-corrected chi connectivity index (χ4v) is 4.11. The van der Waals surface area contributed by atoms with Gasteiger partial charge in [-0.25, -0.2) is 4.79 Å². The van der Waals surface area contributed by atoms with Crippen LogP contribution in [0, 0.1) is 5.92 Å². The van der Waals surface area contributed by atoms with Crippen molar-refractivity contribution in [1.82, 2.24) is 10.5 Å². The molecule has 2 N–H and O–H groups in total. The molecule has 0 bridgehead atoms. The van der Waals surface area contributed by atoms with Crippen molar-refractivity contribution < 1.29 is 24.0 Å². The molecule has 0 aliphatic heterocycles. The largest absolute Gasteiger partial charge is 0.465 e. The van der Waals surface area contributed by atoms with Crippen LogP contribution >= 0.6 is 11.6 Å². The monoisotopic (exact) mass is 492 g/mol. The molecule has 0 aliphatic rings. The lowest BCUT2D eigenvalue weighted by molar-refractivity contribution is -0.123. The van der Waals surface area contributed by atoms with Gasteiger partial charge >= 0.3 is 6.09 Å². The van der Waals surface area contributed by atoms with Gasteiger partial charge in [-0.05, 0) is 66.4 Å². The third-order valence-corrected chi connectivity index (χ3v) is 5.87. The molecular weight excluding hydrogens is 468 g/mol. The predicted molar refractivity (Wildman–Crippen MR) is 134 cm³/mol. The van der Waals surface area contributed by atoms with Gasteiger partial charge in [0.2, 0.25) is 5.91 Å². The zero-order chi connectivity index (χ0) is 24.9. The molecule has 1 unspecified atom stereocenters. The molecule has 0 aliphatic carbocycles. The number of rotatable bonds is 8. The van der Waals surface area contributed by atoms with Gasteiger partial charge in [-0.1, -0.05) is 49.2 Å². The number of benzene rings is 3. The Kier molecular flexibility index (Phi) is 7.36. The SMILES string of the molecule is CCCc1cc(-c2noc3cc(Cl)ccc23)ccc1Oc1cccc(CC(C)C(=O)NC(=O)O)c1. The van der Waals surface area contributed by atoms with Crippen LogP contribution in [0.5, 0.6) is 11.5 Å². The summed E-state index contributed by atoms with van der Waals surface area (Å²) in [5.74, 6) is 0.344. The maximum absolute atomic E-state index is 11.9. The second kappa shape index (κ2) is 10.6. The van der Waals surface area contributed by atoms with Crippen LogP contribution in [0.3, 0.4) is 0 Å². The zero-order valence-corrected chi connectivity index (χ0v) is 20.1. The molecule has 1 aromatic heterocycles. The van der Waals surface area contributed by atoms with E-state index in [1.807, 2.05) is 53.8 Å². The number of carboxylic acid groups (broad SMARTS) is 1. The third kappa shape index (κ3) is 5.81. The van der Waals surface area contributed by atoms with Gasteiger partial charge in [0, 0.05) is 28.0 Å². The van der Waals surface area contributed by atoms with Crippen molar-refractivity contribution in [3.05, 3.63) is 76.8 Å². The summed E-state index contributed by atoms with van der Waals surface area (Å²) in [6.07, 6.45) is 0.788. The quantitative estimate of drug-likeness (QED) is 0.278. The number of nitrogens with one attached hydrogen (secondary N) is 1. The van der Waals surface area contributed by atoms with Crippen molar-refractivity contribution in [3.8, 4) is 22.8 Å². The van der Waals surface area contributed by atoms with Gasteiger partial charge in [-0.3, -0.25) is 10.1 Å². The molecule has 7 nitrogen and oxygen atoms in total. The number of carbonyl (C=O) groups is 2.